The fraction of sp³-hybridized carbons (Fsp3) is 0. The van der Waals surface area contributed by atoms with Crippen LogP contribution in [0.2, 0.25) is 0 Å². The number of H-pyrrole nitrogens is 1. The molecule has 0 aliphatic rings. The number of aromatic nitrogens is 4. The molecular formula is C19H14N6O. The fourth-order valence-electron chi connectivity index (χ4n) is 2.65. The second-order valence-electron chi connectivity index (χ2n) is 5.55. The highest BCUT2D eigenvalue weighted by Gasteiger charge is 2.08. The number of carbonyl (C=O) groups excluding carboxylic acids is 1. The van der Waals surface area contributed by atoms with E-state index in [9.17, 15) is 4.79 Å². The van der Waals surface area contributed by atoms with Gasteiger partial charge in [-0.3, -0.25) is 4.79 Å². The van der Waals surface area contributed by atoms with E-state index in [1.165, 1.54) is 12.4 Å². The molecule has 0 radical (unpaired) electrons. The molecule has 0 atom stereocenters. The monoisotopic (exact) mass is 342 g/mol. The van der Waals surface area contributed by atoms with Gasteiger partial charge in [0.2, 0.25) is 0 Å². The minimum atomic E-state index is -0.351. The normalized spacial score (nSPS) is 10.5. The van der Waals surface area contributed by atoms with E-state index in [0.29, 0.717) is 17.2 Å². The van der Waals surface area contributed by atoms with Crippen LogP contribution in [-0.4, -0.2) is 25.8 Å². The zero-order valence-electron chi connectivity index (χ0n) is 13.7. The SMILES string of the molecule is C=C=CC(=O)Nc1cc2c(Nc3ccc4[nH]ccc4c3)ncnc2cn1. The molecular weight excluding hydrogens is 328 g/mol. The number of fused-ring (bicyclic) bond motifs is 2. The summed E-state index contributed by atoms with van der Waals surface area (Å²) in [6.07, 6.45) is 6.16. The molecule has 3 aromatic heterocycles. The second-order valence-corrected chi connectivity index (χ2v) is 5.55. The van der Waals surface area contributed by atoms with Gasteiger partial charge in [0.1, 0.15) is 18.0 Å². The molecule has 3 heterocycles. The number of aromatic amines is 1. The highest BCUT2D eigenvalue weighted by Crippen LogP contribution is 2.26. The van der Waals surface area contributed by atoms with Gasteiger partial charge in [0.15, 0.2) is 0 Å². The summed E-state index contributed by atoms with van der Waals surface area (Å²) in [5, 5.41) is 7.79. The molecule has 1 aromatic carbocycles. The number of pyridine rings is 1. The molecule has 126 valence electrons. The first kappa shape index (κ1) is 15.6. The van der Waals surface area contributed by atoms with Crippen molar-refractivity contribution in [1.29, 1.82) is 0 Å². The van der Waals surface area contributed by atoms with Crippen molar-refractivity contribution in [2.45, 2.75) is 0 Å². The van der Waals surface area contributed by atoms with Gasteiger partial charge in [0.25, 0.3) is 5.91 Å². The van der Waals surface area contributed by atoms with Crippen molar-refractivity contribution in [3.05, 3.63) is 67.4 Å². The molecule has 7 heteroatoms. The third-order valence-electron chi connectivity index (χ3n) is 3.82. The number of hydrogen-bond acceptors (Lipinski definition) is 5. The summed E-state index contributed by atoms with van der Waals surface area (Å²) in [5.41, 5.74) is 5.06. The van der Waals surface area contributed by atoms with Gasteiger partial charge in [-0.25, -0.2) is 15.0 Å². The summed E-state index contributed by atoms with van der Waals surface area (Å²) in [7, 11) is 0. The van der Waals surface area contributed by atoms with E-state index in [-0.39, 0.29) is 5.91 Å². The maximum absolute atomic E-state index is 11.7. The van der Waals surface area contributed by atoms with Crippen LogP contribution in [0.5, 0.6) is 0 Å². The van der Waals surface area contributed by atoms with Crippen LogP contribution in [0.15, 0.2) is 67.4 Å². The van der Waals surface area contributed by atoms with Crippen molar-refractivity contribution >= 4 is 45.0 Å². The maximum atomic E-state index is 11.7. The summed E-state index contributed by atoms with van der Waals surface area (Å²) in [6, 6.07) is 9.71. The van der Waals surface area contributed by atoms with Crippen LogP contribution in [0.3, 0.4) is 0 Å². The van der Waals surface area contributed by atoms with Gasteiger partial charge in [-0.15, -0.1) is 5.73 Å². The van der Waals surface area contributed by atoms with Crippen LogP contribution in [-0.2, 0) is 4.79 Å². The number of amides is 1. The van der Waals surface area contributed by atoms with Crippen LogP contribution in [0.4, 0.5) is 17.3 Å². The van der Waals surface area contributed by atoms with E-state index in [1.807, 2.05) is 30.5 Å². The Hall–Kier alpha value is -3.96. The quantitative estimate of drug-likeness (QED) is 0.389. The molecule has 3 N–H and O–H groups in total. The van der Waals surface area contributed by atoms with Gasteiger partial charge >= 0.3 is 0 Å². The molecule has 1 amide bonds. The summed E-state index contributed by atoms with van der Waals surface area (Å²) < 4.78 is 0. The van der Waals surface area contributed by atoms with Crippen LogP contribution in [0.1, 0.15) is 0 Å². The van der Waals surface area contributed by atoms with Gasteiger partial charge in [-0.1, -0.05) is 6.58 Å². The van der Waals surface area contributed by atoms with Crippen LogP contribution in [0.25, 0.3) is 21.8 Å². The molecule has 0 unspecified atom stereocenters. The van der Waals surface area contributed by atoms with Gasteiger partial charge in [-0.05, 0) is 30.3 Å². The average molecular weight is 342 g/mol. The Labute approximate surface area is 148 Å². The van der Waals surface area contributed by atoms with Crippen molar-refractivity contribution in [3.8, 4) is 0 Å². The van der Waals surface area contributed by atoms with Crippen LogP contribution >= 0.6 is 0 Å². The summed E-state index contributed by atoms with van der Waals surface area (Å²) in [6.45, 7) is 3.38. The van der Waals surface area contributed by atoms with Crippen LogP contribution in [0, 0.1) is 0 Å². The molecule has 0 aliphatic heterocycles. The Morgan fingerprint density at radius 2 is 2.12 bits per heavy atom. The Balaban J connectivity index is 1.71. The third-order valence-corrected chi connectivity index (χ3v) is 3.82. The van der Waals surface area contributed by atoms with Gasteiger partial charge in [-0.2, -0.15) is 0 Å². The Morgan fingerprint density at radius 3 is 3.00 bits per heavy atom. The topological polar surface area (TPSA) is 95.6 Å². The van der Waals surface area contributed by atoms with Crippen molar-refractivity contribution in [2.75, 3.05) is 10.6 Å². The van der Waals surface area contributed by atoms with Crippen molar-refractivity contribution in [3.63, 3.8) is 0 Å². The first-order chi connectivity index (χ1) is 12.7. The second kappa shape index (κ2) is 6.51. The first-order valence-corrected chi connectivity index (χ1v) is 7.85. The van der Waals surface area contributed by atoms with Gasteiger partial charge in [0, 0.05) is 34.2 Å². The lowest BCUT2D eigenvalue weighted by Crippen LogP contribution is -2.09. The molecule has 0 aliphatic carbocycles. The molecule has 0 bridgehead atoms. The molecule has 4 aromatic rings. The highest BCUT2D eigenvalue weighted by atomic mass is 16.1. The highest BCUT2D eigenvalue weighted by molar-refractivity contribution is 6.00. The molecule has 0 fully saturated rings. The molecule has 0 saturated carbocycles. The smallest absolute Gasteiger partial charge is 0.257 e. The number of hydrogen-bond donors (Lipinski definition) is 3. The van der Waals surface area contributed by atoms with Gasteiger partial charge < -0.3 is 15.6 Å². The minimum absolute atomic E-state index is 0.351. The zero-order chi connectivity index (χ0) is 17.9. The average Bonchev–Trinajstić information content (AvgIpc) is 3.10. The fourth-order valence-corrected chi connectivity index (χ4v) is 2.65. The summed E-state index contributed by atoms with van der Waals surface area (Å²) in [4.78, 5) is 27.6. The van der Waals surface area contributed by atoms with E-state index in [4.69, 9.17) is 0 Å². The number of rotatable bonds is 4. The predicted molar refractivity (Wildman–Crippen MR) is 101 cm³/mol. The van der Waals surface area contributed by atoms with Crippen LogP contribution < -0.4 is 10.6 Å². The Kier molecular flexibility index (Phi) is 3.89. The van der Waals surface area contributed by atoms with Crippen molar-refractivity contribution in [2.24, 2.45) is 0 Å². The lowest BCUT2D eigenvalue weighted by atomic mass is 10.2. The minimum Gasteiger partial charge on any atom is -0.361 e. The molecule has 4 rings (SSSR count). The number of anilines is 3. The maximum Gasteiger partial charge on any atom is 0.257 e. The lowest BCUT2D eigenvalue weighted by Gasteiger charge is -2.09. The molecule has 0 spiro atoms. The number of nitrogens with zero attached hydrogens (tertiary/aromatic N) is 3. The third kappa shape index (κ3) is 3.02. The van der Waals surface area contributed by atoms with Gasteiger partial charge in [0.05, 0.1) is 11.7 Å². The van der Waals surface area contributed by atoms with Crippen molar-refractivity contribution in [1.82, 2.24) is 19.9 Å². The van der Waals surface area contributed by atoms with E-state index in [2.05, 4.69) is 42.9 Å². The molecule has 7 nitrogen and oxygen atoms in total. The van der Waals surface area contributed by atoms with E-state index >= 15 is 0 Å². The molecule has 0 saturated heterocycles. The Morgan fingerprint density at radius 1 is 1.19 bits per heavy atom. The van der Waals surface area contributed by atoms with E-state index in [1.54, 1.807) is 12.3 Å². The summed E-state index contributed by atoms with van der Waals surface area (Å²) >= 11 is 0. The lowest BCUT2D eigenvalue weighted by molar-refractivity contribution is -0.111. The van der Waals surface area contributed by atoms with E-state index in [0.717, 1.165) is 22.0 Å². The number of nitrogens with one attached hydrogen (secondary N) is 3. The summed E-state index contributed by atoms with van der Waals surface area (Å²) in [5.74, 6) is 0.672. The molecule has 26 heavy (non-hydrogen) atoms. The first-order valence-electron chi connectivity index (χ1n) is 7.85. The standard InChI is InChI=1S/C19H14N6O/c1-2-3-18(26)25-17-9-14-16(10-21-17)22-11-23-19(14)24-13-4-5-15-12(8-13)6-7-20-15/h3-11,20H,1H2,(H,21,25,26)(H,22,23,24). The largest absolute Gasteiger partial charge is 0.361 e. The predicted octanol–water partition coefficient (Wildman–Crippen LogP) is 3.53. The zero-order valence-corrected chi connectivity index (χ0v) is 13.7. The van der Waals surface area contributed by atoms with E-state index < -0.39 is 0 Å². The number of benzene rings is 1. The van der Waals surface area contributed by atoms with Crippen molar-refractivity contribution < 1.29 is 4.79 Å². The number of carbonyl (C=O) groups is 1. The Bertz CT molecular complexity index is 1170.